The molecule has 1 N–H and O–H groups in total. The van der Waals surface area contributed by atoms with Gasteiger partial charge < -0.3 is 0 Å². The maximum atomic E-state index is 11.2. The van der Waals surface area contributed by atoms with Crippen LogP contribution in [0.3, 0.4) is 0 Å². The van der Waals surface area contributed by atoms with Crippen molar-refractivity contribution in [3.63, 3.8) is 0 Å². The number of hydrogen-bond acceptors (Lipinski definition) is 2. The molecule has 0 saturated heterocycles. The first-order valence-corrected chi connectivity index (χ1v) is 6.70. The maximum Gasteiger partial charge on any atom is 0.211 e. The van der Waals surface area contributed by atoms with E-state index in [1.807, 2.05) is 0 Å². The molecule has 0 spiro atoms. The van der Waals surface area contributed by atoms with Crippen molar-refractivity contribution in [1.29, 1.82) is 0 Å². The summed E-state index contributed by atoms with van der Waals surface area (Å²) in [6, 6.07) is 0. The number of hydrogen-bond donors (Lipinski definition) is 1. The van der Waals surface area contributed by atoms with Crippen molar-refractivity contribution in [3.05, 3.63) is 0 Å². The number of sulfonamides is 1. The van der Waals surface area contributed by atoms with Crippen molar-refractivity contribution in [1.82, 2.24) is 4.72 Å². The van der Waals surface area contributed by atoms with Gasteiger partial charge in [0.25, 0.3) is 0 Å². The Morgan fingerprint density at radius 3 is 2.46 bits per heavy atom. The zero-order valence-electron chi connectivity index (χ0n) is 8.22. The minimum Gasteiger partial charge on any atom is -0.215 e. The van der Waals surface area contributed by atoms with Crippen LogP contribution >= 0.6 is 11.6 Å². The molecule has 0 radical (unpaired) electrons. The number of halogens is 1. The number of alkyl halides is 1. The van der Waals surface area contributed by atoms with Crippen LogP contribution in [-0.4, -0.2) is 26.6 Å². The summed E-state index contributed by atoms with van der Waals surface area (Å²) in [4.78, 5) is 0. The normalized spacial score (nSPS) is 12.3. The number of nitrogens with one attached hydrogen (secondary N) is 1. The Morgan fingerprint density at radius 2 is 2.00 bits per heavy atom. The third-order valence-electron chi connectivity index (χ3n) is 1.59. The van der Waals surface area contributed by atoms with Crippen LogP contribution in [-0.2, 0) is 10.0 Å². The molecule has 0 aliphatic heterocycles. The Kier molecular flexibility index (Phi) is 6.73. The lowest BCUT2D eigenvalue weighted by atomic mass is 10.1. The highest BCUT2D eigenvalue weighted by molar-refractivity contribution is 7.89. The summed E-state index contributed by atoms with van der Waals surface area (Å²) >= 11 is 5.40. The van der Waals surface area contributed by atoms with Gasteiger partial charge in [-0.05, 0) is 18.8 Å². The molecule has 0 unspecified atom stereocenters. The van der Waals surface area contributed by atoms with Crippen LogP contribution in [0.5, 0.6) is 0 Å². The largest absolute Gasteiger partial charge is 0.215 e. The lowest BCUT2D eigenvalue weighted by Gasteiger charge is -2.07. The molecule has 0 aliphatic carbocycles. The smallest absolute Gasteiger partial charge is 0.211 e. The second-order valence-corrected chi connectivity index (χ2v) is 5.74. The molecule has 5 heteroatoms. The standard InChI is InChI=1S/C8H18ClNO2S/c1-8(2)4-6-10-13(11,12)7-3-5-9/h8,10H,3-7H2,1-2H3. The molecular weight excluding hydrogens is 210 g/mol. The molecule has 0 rings (SSSR count). The minimum atomic E-state index is -3.07. The zero-order chi connectivity index (χ0) is 10.3. The highest BCUT2D eigenvalue weighted by Gasteiger charge is 2.08. The molecule has 80 valence electrons. The van der Waals surface area contributed by atoms with Crippen molar-refractivity contribution in [2.24, 2.45) is 5.92 Å². The fraction of sp³-hybridized carbons (Fsp3) is 1.00. The maximum absolute atomic E-state index is 11.2. The molecule has 13 heavy (non-hydrogen) atoms. The molecule has 0 aromatic rings. The molecular formula is C8H18ClNO2S. The van der Waals surface area contributed by atoms with Gasteiger partial charge >= 0.3 is 0 Å². The molecule has 0 aromatic heterocycles. The van der Waals surface area contributed by atoms with Crippen LogP contribution in [0.2, 0.25) is 0 Å². The van der Waals surface area contributed by atoms with Crippen LogP contribution in [0.25, 0.3) is 0 Å². The van der Waals surface area contributed by atoms with E-state index in [0.717, 1.165) is 6.42 Å². The number of rotatable bonds is 7. The molecule has 0 saturated carbocycles. The summed E-state index contributed by atoms with van der Waals surface area (Å²) in [6.45, 7) is 4.66. The van der Waals surface area contributed by atoms with Crippen LogP contribution in [0, 0.1) is 5.92 Å². The van der Waals surface area contributed by atoms with Gasteiger partial charge in [-0.1, -0.05) is 13.8 Å². The Morgan fingerprint density at radius 1 is 1.38 bits per heavy atom. The quantitative estimate of drug-likeness (QED) is 0.672. The van der Waals surface area contributed by atoms with E-state index < -0.39 is 10.0 Å². The molecule has 3 nitrogen and oxygen atoms in total. The van der Waals surface area contributed by atoms with Gasteiger partial charge in [-0.15, -0.1) is 11.6 Å². The summed E-state index contributed by atoms with van der Waals surface area (Å²) in [5.74, 6) is 1.05. The van der Waals surface area contributed by atoms with Gasteiger partial charge in [-0.25, -0.2) is 13.1 Å². The van der Waals surface area contributed by atoms with Gasteiger partial charge in [-0.2, -0.15) is 0 Å². The van der Waals surface area contributed by atoms with Crippen LogP contribution in [0.4, 0.5) is 0 Å². The first kappa shape index (κ1) is 13.2. The van der Waals surface area contributed by atoms with Crippen molar-refractivity contribution < 1.29 is 8.42 Å². The predicted molar refractivity (Wildman–Crippen MR) is 56.6 cm³/mol. The summed E-state index contributed by atoms with van der Waals surface area (Å²) in [5, 5.41) is 0. The van der Waals surface area contributed by atoms with Gasteiger partial charge in [0.2, 0.25) is 10.0 Å². The van der Waals surface area contributed by atoms with Gasteiger partial charge in [0.05, 0.1) is 5.75 Å². The van der Waals surface area contributed by atoms with Crippen molar-refractivity contribution in [2.75, 3.05) is 18.2 Å². The van der Waals surface area contributed by atoms with Gasteiger partial charge in [0, 0.05) is 12.4 Å². The van der Waals surface area contributed by atoms with Crippen molar-refractivity contribution in [3.8, 4) is 0 Å². The van der Waals surface area contributed by atoms with Crippen LogP contribution < -0.4 is 4.72 Å². The fourth-order valence-corrected chi connectivity index (χ4v) is 2.21. The summed E-state index contributed by atoms with van der Waals surface area (Å²) in [7, 11) is -3.07. The molecule has 0 aromatic carbocycles. The van der Waals surface area contributed by atoms with E-state index in [2.05, 4.69) is 18.6 Å². The van der Waals surface area contributed by atoms with E-state index in [1.54, 1.807) is 0 Å². The third kappa shape index (κ3) is 8.53. The van der Waals surface area contributed by atoms with Crippen molar-refractivity contribution in [2.45, 2.75) is 26.7 Å². The zero-order valence-corrected chi connectivity index (χ0v) is 9.79. The Balaban J connectivity index is 3.64. The van der Waals surface area contributed by atoms with E-state index in [4.69, 9.17) is 11.6 Å². The molecule has 0 aliphatic rings. The van der Waals surface area contributed by atoms with E-state index in [9.17, 15) is 8.42 Å². The molecule has 0 bridgehead atoms. The lowest BCUT2D eigenvalue weighted by Crippen LogP contribution is -2.28. The van der Waals surface area contributed by atoms with Gasteiger partial charge in [0.15, 0.2) is 0 Å². The Hall–Kier alpha value is 0.200. The molecule has 0 fully saturated rings. The minimum absolute atomic E-state index is 0.134. The lowest BCUT2D eigenvalue weighted by molar-refractivity contribution is 0.551. The van der Waals surface area contributed by atoms with Crippen LogP contribution in [0.15, 0.2) is 0 Å². The molecule has 0 heterocycles. The highest BCUT2D eigenvalue weighted by atomic mass is 35.5. The first-order chi connectivity index (χ1) is 5.98. The summed E-state index contributed by atoms with van der Waals surface area (Å²) < 4.78 is 24.9. The summed E-state index contributed by atoms with van der Waals surface area (Å²) in [5.41, 5.74) is 0. The second-order valence-electron chi connectivity index (χ2n) is 3.44. The predicted octanol–water partition coefficient (Wildman–Crippen LogP) is 1.58. The van der Waals surface area contributed by atoms with E-state index in [0.29, 0.717) is 24.8 Å². The van der Waals surface area contributed by atoms with E-state index in [1.165, 1.54) is 0 Å². The highest BCUT2D eigenvalue weighted by Crippen LogP contribution is 1.98. The Bertz CT molecular complexity index is 214. The SMILES string of the molecule is CC(C)CCNS(=O)(=O)CCCCl. The average Bonchev–Trinajstić information content (AvgIpc) is 2.00. The van der Waals surface area contributed by atoms with E-state index in [-0.39, 0.29) is 5.75 Å². The van der Waals surface area contributed by atoms with E-state index >= 15 is 0 Å². The average molecular weight is 228 g/mol. The first-order valence-electron chi connectivity index (χ1n) is 4.51. The second kappa shape index (κ2) is 6.62. The summed E-state index contributed by atoms with van der Waals surface area (Å²) in [6.07, 6.45) is 1.39. The van der Waals surface area contributed by atoms with Gasteiger partial charge in [-0.3, -0.25) is 0 Å². The third-order valence-corrected chi connectivity index (χ3v) is 3.33. The van der Waals surface area contributed by atoms with Crippen LogP contribution in [0.1, 0.15) is 26.7 Å². The van der Waals surface area contributed by atoms with Gasteiger partial charge in [0.1, 0.15) is 0 Å². The topological polar surface area (TPSA) is 46.2 Å². The Labute approximate surface area is 85.9 Å². The molecule has 0 amide bonds. The monoisotopic (exact) mass is 227 g/mol. The fourth-order valence-electron chi connectivity index (χ4n) is 0.820. The van der Waals surface area contributed by atoms with Crippen molar-refractivity contribution >= 4 is 21.6 Å². The molecule has 0 atom stereocenters.